The molecule has 0 N–H and O–H groups in total. The molecule has 0 aliphatic heterocycles. The van der Waals surface area contributed by atoms with Gasteiger partial charge in [-0.2, -0.15) is 0 Å². The topological polar surface area (TPSA) is 9.23 Å². The van der Waals surface area contributed by atoms with E-state index < -0.39 is 0 Å². The van der Waals surface area contributed by atoms with Crippen molar-refractivity contribution in [3.63, 3.8) is 0 Å². The van der Waals surface area contributed by atoms with E-state index in [4.69, 9.17) is 4.74 Å². The third-order valence-electron chi connectivity index (χ3n) is 1.47. The van der Waals surface area contributed by atoms with Gasteiger partial charge in [0.1, 0.15) is 5.75 Å². The molecule has 0 aliphatic carbocycles. The van der Waals surface area contributed by atoms with Crippen LogP contribution in [0.15, 0.2) is 24.3 Å². The van der Waals surface area contributed by atoms with Crippen molar-refractivity contribution in [2.45, 2.75) is 6.42 Å². The van der Waals surface area contributed by atoms with Crippen LogP contribution in [0.2, 0.25) is 0 Å². The summed E-state index contributed by atoms with van der Waals surface area (Å²) >= 11 is 0. The summed E-state index contributed by atoms with van der Waals surface area (Å²) in [5.74, 6) is 0.774. The van der Waals surface area contributed by atoms with Crippen LogP contribution in [0.5, 0.6) is 5.75 Å². The van der Waals surface area contributed by atoms with Gasteiger partial charge in [-0.25, -0.2) is 0 Å². The average molecular weight is 167 g/mol. The first kappa shape index (κ1) is 9.04. The molecule has 0 fully saturated rings. The summed E-state index contributed by atoms with van der Waals surface area (Å²) in [6.45, 7) is 3.85. The van der Waals surface area contributed by atoms with Gasteiger partial charge in [0.25, 0.3) is 0 Å². The van der Waals surface area contributed by atoms with Gasteiger partial charge < -0.3 is 4.74 Å². The fourth-order valence-electron chi connectivity index (χ4n) is 0.830. The van der Waals surface area contributed by atoms with Crippen LogP contribution in [0, 0.1) is 6.92 Å². The van der Waals surface area contributed by atoms with Gasteiger partial charge in [0.15, 0.2) is 0 Å². The van der Waals surface area contributed by atoms with Gasteiger partial charge in [0, 0.05) is 6.42 Å². The maximum absolute atomic E-state index is 11.7. The Balaban J connectivity index is 2.37. The van der Waals surface area contributed by atoms with E-state index in [-0.39, 0.29) is 6.67 Å². The summed E-state index contributed by atoms with van der Waals surface area (Å²) in [7, 11) is 0. The van der Waals surface area contributed by atoms with Crippen LogP contribution in [0.4, 0.5) is 4.39 Å². The third-order valence-corrected chi connectivity index (χ3v) is 1.47. The molecule has 0 spiro atoms. The lowest BCUT2D eigenvalue weighted by Crippen LogP contribution is -1.97. The summed E-state index contributed by atoms with van der Waals surface area (Å²) in [5, 5.41) is 0. The first-order chi connectivity index (χ1) is 5.83. The average Bonchev–Trinajstić information content (AvgIpc) is 2.09. The molecule has 0 saturated carbocycles. The second-order valence-corrected chi connectivity index (χ2v) is 2.53. The largest absolute Gasteiger partial charge is 0.494 e. The minimum atomic E-state index is -0.326. The van der Waals surface area contributed by atoms with Gasteiger partial charge in [-0.1, -0.05) is 12.1 Å². The van der Waals surface area contributed by atoms with E-state index in [1.807, 2.05) is 24.3 Å². The maximum atomic E-state index is 11.7. The van der Waals surface area contributed by atoms with Crippen molar-refractivity contribution in [2.24, 2.45) is 0 Å². The smallest absolute Gasteiger partial charge is 0.119 e. The lowest BCUT2D eigenvalue weighted by Gasteiger charge is -2.03. The van der Waals surface area contributed by atoms with E-state index in [1.54, 1.807) is 0 Å². The van der Waals surface area contributed by atoms with Crippen LogP contribution in [0.1, 0.15) is 12.0 Å². The summed E-state index contributed by atoms with van der Waals surface area (Å²) < 4.78 is 16.9. The molecule has 0 bridgehead atoms. The summed E-state index contributed by atoms with van der Waals surface area (Å²) in [4.78, 5) is 0. The van der Waals surface area contributed by atoms with E-state index in [9.17, 15) is 4.39 Å². The highest BCUT2D eigenvalue weighted by Crippen LogP contribution is 2.11. The molecule has 0 heterocycles. The summed E-state index contributed by atoms with van der Waals surface area (Å²) in [6.07, 6.45) is 0.451. The predicted molar refractivity (Wildman–Crippen MR) is 47.0 cm³/mol. The number of hydrogen-bond donors (Lipinski definition) is 0. The van der Waals surface area contributed by atoms with Crippen LogP contribution in [-0.4, -0.2) is 13.3 Å². The molecule has 1 radical (unpaired) electrons. The van der Waals surface area contributed by atoms with Crippen molar-refractivity contribution in [1.82, 2.24) is 0 Å². The molecule has 0 atom stereocenters. The molecule has 1 nitrogen and oxygen atoms in total. The summed E-state index contributed by atoms with van der Waals surface area (Å²) in [5.41, 5.74) is 0.952. The minimum Gasteiger partial charge on any atom is -0.494 e. The fourth-order valence-corrected chi connectivity index (χ4v) is 0.830. The van der Waals surface area contributed by atoms with Crippen LogP contribution < -0.4 is 4.74 Å². The molecule has 12 heavy (non-hydrogen) atoms. The molecule has 0 aromatic heterocycles. The number of benzene rings is 1. The highest BCUT2D eigenvalue weighted by molar-refractivity contribution is 5.28. The molecule has 0 saturated heterocycles. The SMILES string of the molecule is [CH2]c1ccc(OCCCF)cc1. The Morgan fingerprint density at radius 1 is 1.25 bits per heavy atom. The molecule has 0 aliphatic rings. The molecule has 1 rings (SSSR count). The Bertz CT molecular complexity index is 218. The van der Waals surface area contributed by atoms with Gasteiger partial charge in [0.2, 0.25) is 0 Å². The zero-order valence-electron chi connectivity index (χ0n) is 6.92. The molecule has 65 valence electrons. The van der Waals surface area contributed by atoms with E-state index >= 15 is 0 Å². The maximum Gasteiger partial charge on any atom is 0.119 e. The monoisotopic (exact) mass is 167 g/mol. The van der Waals surface area contributed by atoms with Crippen molar-refractivity contribution in [3.8, 4) is 5.75 Å². The quantitative estimate of drug-likeness (QED) is 0.626. The van der Waals surface area contributed by atoms with Crippen LogP contribution in [-0.2, 0) is 0 Å². The van der Waals surface area contributed by atoms with E-state index in [1.165, 1.54) is 0 Å². The number of ether oxygens (including phenoxy) is 1. The normalized spacial score (nSPS) is 9.83. The van der Waals surface area contributed by atoms with Gasteiger partial charge in [-0.3, -0.25) is 4.39 Å². The Hall–Kier alpha value is -1.05. The van der Waals surface area contributed by atoms with Crippen molar-refractivity contribution in [3.05, 3.63) is 36.8 Å². The molecular weight excluding hydrogens is 155 g/mol. The zero-order chi connectivity index (χ0) is 8.81. The van der Waals surface area contributed by atoms with E-state index in [0.717, 1.165) is 11.3 Å². The Kier molecular flexibility index (Phi) is 3.58. The third kappa shape index (κ3) is 2.91. The standard InChI is InChI=1S/C10H12FO/c1-9-3-5-10(6-4-9)12-8-2-7-11/h3-6H,1-2,7-8H2. The van der Waals surface area contributed by atoms with Gasteiger partial charge in [-0.05, 0) is 24.6 Å². The number of alkyl halides is 1. The van der Waals surface area contributed by atoms with Crippen molar-refractivity contribution >= 4 is 0 Å². The highest BCUT2D eigenvalue weighted by atomic mass is 19.1. The zero-order valence-corrected chi connectivity index (χ0v) is 6.92. The van der Waals surface area contributed by atoms with Crippen LogP contribution in [0.25, 0.3) is 0 Å². The lowest BCUT2D eigenvalue weighted by atomic mass is 10.2. The first-order valence-electron chi connectivity index (χ1n) is 3.93. The highest BCUT2D eigenvalue weighted by Gasteiger charge is 1.91. The molecule has 0 unspecified atom stereocenters. The van der Waals surface area contributed by atoms with Gasteiger partial charge >= 0.3 is 0 Å². The predicted octanol–water partition coefficient (Wildman–Crippen LogP) is 2.61. The molecular formula is C10H12FO. The molecule has 1 aromatic carbocycles. The fraction of sp³-hybridized carbons (Fsp3) is 0.300. The summed E-state index contributed by atoms with van der Waals surface area (Å²) in [6, 6.07) is 7.40. The molecule has 0 amide bonds. The molecule has 2 heteroatoms. The second-order valence-electron chi connectivity index (χ2n) is 2.53. The first-order valence-corrected chi connectivity index (χ1v) is 3.93. The number of hydrogen-bond acceptors (Lipinski definition) is 1. The van der Waals surface area contributed by atoms with E-state index in [2.05, 4.69) is 6.92 Å². The van der Waals surface area contributed by atoms with Gasteiger partial charge in [-0.15, -0.1) is 0 Å². The Morgan fingerprint density at radius 3 is 2.50 bits per heavy atom. The van der Waals surface area contributed by atoms with Crippen LogP contribution >= 0.6 is 0 Å². The second kappa shape index (κ2) is 4.75. The minimum absolute atomic E-state index is 0.326. The number of rotatable bonds is 4. The van der Waals surface area contributed by atoms with E-state index in [0.29, 0.717) is 13.0 Å². The van der Waals surface area contributed by atoms with Crippen molar-refractivity contribution in [2.75, 3.05) is 13.3 Å². The number of halogens is 1. The van der Waals surface area contributed by atoms with Crippen LogP contribution in [0.3, 0.4) is 0 Å². The lowest BCUT2D eigenvalue weighted by molar-refractivity contribution is 0.289. The van der Waals surface area contributed by atoms with Crippen molar-refractivity contribution in [1.29, 1.82) is 0 Å². The van der Waals surface area contributed by atoms with Gasteiger partial charge in [0.05, 0.1) is 13.3 Å². The Morgan fingerprint density at radius 2 is 1.92 bits per heavy atom. The molecule has 1 aromatic rings. The van der Waals surface area contributed by atoms with Crippen molar-refractivity contribution < 1.29 is 9.13 Å². The Labute approximate surface area is 72.2 Å².